The van der Waals surface area contributed by atoms with Gasteiger partial charge in [-0.05, 0) is 60.4 Å². The second-order valence-corrected chi connectivity index (χ2v) is 8.16. The van der Waals surface area contributed by atoms with Crippen LogP contribution < -0.4 is 15.0 Å². The van der Waals surface area contributed by atoms with Crippen molar-refractivity contribution in [2.75, 3.05) is 17.3 Å². The summed E-state index contributed by atoms with van der Waals surface area (Å²) in [6.07, 6.45) is 0. The Morgan fingerprint density at radius 3 is 2.00 bits per heavy atom. The maximum Gasteiger partial charge on any atom is 0.282 e. The topological polar surface area (TPSA) is 58.6 Å². The largest absolute Gasteiger partial charge is 0.497 e. The lowest BCUT2D eigenvalue weighted by Crippen LogP contribution is -2.32. The Hall–Kier alpha value is -3.86. The average Bonchev–Trinajstić information content (AvgIpc) is 3.04. The summed E-state index contributed by atoms with van der Waals surface area (Å²) in [5, 5.41) is 3.18. The first kappa shape index (κ1) is 21.4. The average molecular weight is 427 g/mol. The van der Waals surface area contributed by atoms with E-state index in [-0.39, 0.29) is 17.5 Å². The lowest BCUT2D eigenvalue weighted by molar-refractivity contribution is -0.120. The molecule has 1 aliphatic rings. The highest BCUT2D eigenvalue weighted by Crippen LogP contribution is 2.34. The third kappa shape index (κ3) is 4.02. The molecule has 0 atom stereocenters. The van der Waals surface area contributed by atoms with Crippen LogP contribution in [0.1, 0.15) is 36.5 Å². The smallest absolute Gasteiger partial charge is 0.282 e. The maximum atomic E-state index is 13.5. The van der Waals surface area contributed by atoms with Crippen LogP contribution in [0.5, 0.6) is 5.75 Å². The quantitative estimate of drug-likeness (QED) is 0.527. The van der Waals surface area contributed by atoms with Gasteiger partial charge in [0.15, 0.2) is 0 Å². The molecule has 0 aromatic heterocycles. The number of hydrogen-bond donors (Lipinski definition) is 1. The number of hydrogen-bond acceptors (Lipinski definition) is 4. The molecule has 0 radical (unpaired) electrons. The SMILES string of the molecule is COc1ccc(NC2=C(c3ccc(C)cc3)C(=O)N(c3ccc(C(C)C)cc3)C2=O)cc1. The Morgan fingerprint density at radius 2 is 1.44 bits per heavy atom. The number of anilines is 2. The molecule has 4 rings (SSSR count). The minimum Gasteiger partial charge on any atom is -0.497 e. The first-order valence-electron chi connectivity index (χ1n) is 10.6. The summed E-state index contributed by atoms with van der Waals surface area (Å²) >= 11 is 0. The van der Waals surface area contributed by atoms with Gasteiger partial charge in [0.25, 0.3) is 11.8 Å². The number of amides is 2. The van der Waals surface area contributed by atoms with E-state index >= 15 is 0 Å². The molecule has 5 nitrogen and oxygen atoms in total. The highest BCUT2D eigenvalue weighted by molar-refractivity contribution is 6.46. The molecule has 0 saturated carbocycles. The van der Waals surface area contributed by atoms with E-state index in [1.54, 1.807) is 19.2 Å². The van der Waals surface area contributed by atoms with Gasteiger partial charge in [-0.15, -0.1) is 0 Å². The van der Waals surface area contributed by atoms with Gasteiger partial charge in [-0.2, -0.15) is 0 Å². The van der Waals surface area contributed by atoms with Gasteiger partial charge in [0.2, 0.25) is 0 Å². The molecule has 0 fully saturated rings. The van der Waals surface area contributed by atoms with E-state index in [0.29, 0.717) is 34.2 Å². The fourth-order valence-electron chi connectivity index (χ4n) is 3.70. The number of carbonyl (C=O) groups excluding carboxylic acids is 2. The molecule has 1 N–H and O–H groups in total. The molecule has 3 aromatic carbocycles. The molecule has 162 valence electrons. The molecule has 32 heavy (non-hydrogen) atoms. The van der Waals surface area contributed by atoms with Crippen molar-refractivity contribution in [1.29, 1.82) is 0 Å². The molecule has 0 spiro atoms. The second-order valence-electron chi connectivity index (χ2n) is 8.16. The molecule has 1 aliphatic heterocycles. The van der Waals surface area contributed by atoms with Crippen LogP contribution in [-0.2, 0) is 9.59 Å². The molecular formula is C27H26N2O3. The third-order valence-electron chi connectivity index (χ3n) is 5.60. The minimum atomic E-state index is -0.376. The number of nitrogens with one attached hydrogen (secondary N) is 1. The van der Waals surface area contributed by atoms with E-state index < -0.39 is 0 Å². The molecule has 0 saturated heterocycles. The van der Waals surface area contributed by atoms with Crippen molar-refractivity contribution < 1.29 is 14.3 Å². The van der Waals surface area contributed by atoms with Crippen molar-refractivity contribution >= 4 is 28.8 Å². The van der Waals surface area contributed by atoms with Crippen molar-refractivity contribution in [3.8, 4) is 5.75 Å². The van der Waals surface area contributed by atoms with Gasteiger partial charge >= 0.3 is 0 Å². The van der Waals surface area contributed by atoms with Gasteiger partial charge in [-0.3, -0.25) is 9.59 Å². The van der Waals surface area contributed by atoms with E-state index in [0.717, 1.165) is 11.1 Å². The van der Waals surface area contributed by atoms with Crippen molar-refractivity contribution in [3.05, 3.63) is 95.2 Å². The summed E-state index contributed by atoms with van der Waals surface area (Å²) in [6, 6.07) is 22.4. The van der Waals surface area contributed by atoms with E-state index in [4.69, 9.17) is 4.74 Å². The number of ether oxygens (including phenoxy) is 1. The summed E-state index contributed by atoms with van der Waals surface area (Å²) in [6.45, 7) is 6.20. The van der Waals surface area contributed by atoms with E-state index in [1.165, 1.54) is 4.90 Å². The minimum absolute atomic E-state index is 0.261. The molecule has 3 aromatic rings. The lowest BCUT2D eigenvalue weighted by Gasteiger charge is -2.16. The lowest BCUT2D eigenvalue weighted by atomic mass is 10.0. The number of benzene rings is 3. The number of nitrogens with zero attached hydrogens (tertiary/aromatic N) is 1. The van der Waals surface area contributed by atoms with Gasteiger partial charge in [0.1, 0.15) is 11.4 Å². The van der Waals surface area contributed by atoms with Gasteiger partial charge in [0, 0.05) is 5.69 Å². The van der Waals surface area contributed by atoms with Crippen LogP contribution in [0.15, 0.2) is 78.5 Å². The zero-order valence-electron chi connectivity index (χ0n) is 18.7. The second kappa shape index (κ2) is 8.71. The van der Waals surface area contributed by atoms with Gasteiger partial charge in [0.05, 0.1) is 18.4 Å². The zero-order valence-corrected chi connectivity index (χ0v) is 18.7. The van der Waals surface area contributed by atoms with E-state index in [1.807, 2.05) is 67.6 Å². The summed E-state index contributed by atoms with van der Waals surface area (Å²) < 4.78 is 5.21. The fraction of sp³-hybridized carbons (Fsp3) is 0.185. The number of methoxy groups -OCH3 is 1. The Bertz CT molecular complexity index is 1180. The molecule has 0 unspecified atom stereocenters. The Morgan fingerprint density at radius 1 is 0.812 bits per heavy atom. The van der Waals surface area contributed by atoms with Crippen LogP contribution in [0.2, 0.25) is 0 Å². The maximum absolute atomic E-state index is 13.5. The summed E-state index contributed by atoms with van der Waals surface area (Å²) in [4.78, 5) is 28.2. The van der Waals surface area contributed by atoms with Crippen LogP contribution in [0.3, 0.4) is 0 Å². The van der Waals surface area contributed by atoms with Crippen LogP contribution in [-0.4, -0.2) is 18.9 Å². The highest BCUT2D eigenvalue weighted by atomic mass is 16.5. The van der Waals surface area contributed by atoms with Crippen molar-refractivity contribution in [2.24, 2.45) is 0 Å². The fourth-order valence-corrected chi connectivity index (χ4v) is 3.70. The first-order valence-corrected chi connectivity index (χ1v) is 10.6. The van der Waals surface area contributed by atoms with Crippen molar-refractivity contribution in [3.63, 3.8) is 0 Å². The van der Waals surface area contributed by atoms with E-state index in [2.05, 4.69) is 19.2 Å². The molecule has 0 aliphatic carbocycles. The number of rotatable bonds is 6. The molecule has 5 heteroatoms. The van der Waals surface area contributed by atoms with Crippen molar-refractivity contribution in [2.45, 2.75) is 26.7 Å². The number of aryl methyl sites for hydroxylation is 1. The van der Waals surface area contributed by atoms with Gasteiger partial charge in [-0.1, -0.05) is 55.8 Å². The molecule has 0 bridgehead atoms. The van der Waals surface area contributed by atoms with Gasteiger partial charge in [-0.25, -0.2) is 4.90 Å². The van der Waals surface area contributed by atoms with Crippen LogP contribution in [0.25, 0.3) is 5.57 Å². The summed E-state index contributed by atoms with van der Waals surface area (Å²) in [7, 11) is 1.60. The Labute approximate surface area is 188 Å². The standard InChI is InChI=1S/C27H26N2O3/c1-17(2)19-9-13-22(14-10-19)29-26(30)24(20-7-5-18(3)6-8-20)25(27(29)31)28-21-11-15-23(32-4)16-12-21/h5-17,28H,1-4H3. The predicted octanol–water partition coefficient (Wildman–Crippen LogP) is 5.52. The summed E-state index contributed by atoms with van der Waals surface area (Å²) in [5.74, 6) is 0.359. The van der Waals surface area contributed by atoms with Gasteiger partial charge < -0.3 is 10.1 Å². The Balaban J connectivity index is 1.76. The van der Waals surface area contributed by atoms with E-state index in [9.17, 15) is 9.59 Å². The van der Waals surface area contributed by atoms with Crippen LogP contribution in [0, 0.1) is 6.92 Å². The highest BCUT2D eigenvalue weighted by Gasteiger charge is 2.40. The van der Waals surface area contributed by atoms with Crippen molar-refractivity contribution in [1.82, 2.24) is 0 Å². The molecule has 2 amide bonds. The molecule has 1 heterocycles. The molecular weight excluding hydrogens is 400 g/mol. The Kier molecular flexibility index (Phi) is 5.82. The third-order valence-corrected chi connectivity index (χ3v) is 5.60. The first-order chi connectivity index (χ1) is 15.4. The number of imide groups is 1. The number of carbonyl (C=O) groups is 2. The predicted molar refractivity (Wildman–Crippen MR) is 128 cm³/mol. The van der Waals surface area contributed by atoms with Crippen LogP contribution >= 0.6 is 0 Å². The van der Waals surface area contributed by atoms with Crippen LogP contribution in [0.4, 0.5) is 11.4 Å². The summed E-state index contributed by atoms with van der Waals surface area (Å²) in [5.41, 5.74) is 4.80. The normalized spacial score (nSPS) is 13.8. The monoisotopic (exact) mass is 426 g/mol. The zero-order chi connectivity index (χ0) is 22.8.